The lowest BCUT2D eigenvalue weighted by Gasteiger charge is -2.11. The molecule has 11 heteroatoms. The minimum atomic E-state index is -1.53. The van der Waals surface area contributed by atoms with Gasteiger partial charge in [-0.3, -0.25) is 0 Å². The van der Waals surface area contributed by atoms with Gasteiger partial charge in [0.15, 0.2) is 5.82 Å². The van der Waals surface area contributed by atoms with Crippen LogP contribution < -0.4 is 21.3 Å². The molecule has 0 unspecified atom stereocenters. The monoisotopic (exact) mass is 405 g/mol. The Morgan fingerprint density at radius 3 is 2.77 bits per heavy atom. The highest BCUT2D eigenvalue weighted by molar-refractivity contribution is 6.58. The van der Waals surface area contributed by atoms with Crippen LogP contribution in [-0.4, -0.2) is 49.2 Å². The van der Waals surface area contributed by atoms with Crippen LogP contribution in [0.15, 0.2) is 48.7 Å². The minimum Gasteiger partial charge on any atom is -0.477 e. The Morgan fingerprint density at radius 1 is 1.17 bits per heavy atom. The van der Waals surface area contributed by atoms with Gasteiger partial charge < -0.3 is 25.8 Å². The van der Waals surface area contributed by atoms with E-state index in [-0.39, 0.29) is 11.8 Å². The second-order valence-electron chi connectivity index (χ2n) is 6.55. The summed E-state index contributed by atoms with van der Waals surface area (Å²) in [6.07, 6.45) is 1.73. The van der Waals surface area contributed by atoms with Crippen LogP contribution in [0.2, 0.25) is 0 Å². The third-order valence-electron chi connectivity index (χ3n) is 4.66. The standard InChI is InChI=1S/C19H20BN7O3/c1-30-18-17(22-10-12-4-2-6-14(8-12)20(28)29)24-19(26-25-18)27-16-7-3-5-13(9-21)15(16)11-23-27/h2-8,11,28-29H,9-10,21H2,1H3,(H,22,24,26). The van der Waals surface area contributed by atoms with Gasteiger partial charge in [0.25, 0.3) is 11.8 Å². The Hall–Kier alpha value is -3.54. The number of nitrogens with one attached hydrogen (secondary N) is 1. The number of anilines is 1. The number of aromatic nitrogens is 5. The van der Waals surface area contributed by atoms with Crippen LogP contribution >= 0.6 is 0 Å². The van der Waals surface area contributed by atoms with E-state index >= 15 is 0 Å². The topological polar surface area (TPSA) is 144 Å². The van der Waals surface area contributed by atoms with E-state index < -0.39 is 7.12 Å². The maximum Gasteiger partial charge on any atom is 0.488 e. The van der Waals surface area contributed by atoms with Crippen molar-refractivity contribution in [1.82, 2.24) is 25.0 Å². The number of ether oxygens (including phenoxy) is 1. The van der Waals surface area contributed by atoms with Gasteiger partial charge in [0.1, 0.15) is 0 Å². The summed E-state index contributed by atoms with van der Waals surface area (Å²) in [5.41, 5.74) is 8.85. The predicted octanol–water partition coefficient (Wildman–Crippen LogP) is -0.0303. The van der Waals surface area contributed by atoms with Crippen molar-refractivity contribution in [3.05, 3.63) is 59.8 Å². The zero-order valence-corrected chi connectivity index (χ0v) is 16.2. The van der Waals surface area contributed by atoms with Crippen molar-refractivity contribution < 1.29 is 14.8 Å². The van der Waals surface area contributed by atoms with Crippen molar-refractivity contribution in [3.8, 4) is 11.8 Å². The maximum absolute atomic E-state index is 9.35. The Bertz CT molecular complexity index is 1180. The van der Waals surface area contributed by atoms with Gasteiger partial charge >= 0.3 is 7.12 Å². The smallest absolute Gasteiger partial charge is 0.477 e. The molecule has 0 aliphatic heterocycles. The van der Waals surface area contributed by atoms with Crippen molar-refractivity contribution in [2.24, 2.45) is 5.73 Å². The van der Waals surface area contributed by atoms with Gasteiger partial charge in [-0.05, 0) is 22.7 Å². The van der Waals surface area contributed by atoms with Crippen LogP contribution in [0.25, 0.3) is 16.9 Å². The van der Waals surface area contributed by atoms with E-state index in [1.54, 1.807) is 29.1 Å². The van der Waals surface area contributed by atoms with Crippen LogP contribution in [-0.2, 0) is 13.1 Å². The predicted molar refractivity (Wildman–Crippen MR) is 112 cm³/mol. The maximum atomic E-state index is 9.35. The number of hydrogen-bond donors (Lipinski definition) is 4. The van der Waals surface area contributed by atoms with E-state index in [4.69, 9.17) is 10.5 Å². The molecule has 0 aliphatic rings. The van der Waals surface area contributed by atoms with Crippen LogP contribution in [0, 0.1) is 0 Å². The van der Waals surface area contributed by atoms with E-state index in [2.05, 4.69) is 25.6 Å². The first-order valence-corrected chi connectivity index (χ1v) is 9.24. The molecule has 10 nitrogen and oxygen atoms in total. The second-order valence-corrected chi connectivity index (χ2v) is 6.55. The van der Waals surface area contributed by atoms with Gasteiger partial charge in [-0.25, -0.2) is 0 Å². The molecule has 0 spiro atoms. The van der Waals surface area contributed by atoms with Crippen molar-refractivity contribution in [2.45, 2.75) is 13.1 Å². The summed E-state index contributed by atoms with van der Waals surface area (Å²) in [7, 11) is -0.0471. The Kier molecular flexibility index (Phi) is 5.57. The lowest BCUT2D eigenvalue weighted by molar-refractivity contribution is 0.390. The first-order valence-electron chi connectivity index (χ1n) is 9.24. The number of methoxy groups -OCH3 is 1. The quantitative estimate of drug-likeness (QED) is 0.312. The zero-order valence-electron chi connectivity index (χ0n) is 16.2. The molecule has 30 heavy (non-hydrogen) atoms. The molecule has 0 amide bonds. The minimum absolute atomic E-state index is 0.233. The van der Waals surface area contributed by atoms with Crippen molar-refractivity contribution >= 4 is 29.3 Å². The summed E-state index contributed by atoms with van der Waals surface area (Å²) in [5, 5.41) is 35.4. The van der Waals surface area contributed by atoms with Gasteiger partial charge in [-0.1, -0.05) is 36.4 Å². The molecule has 0 atom stereocenters. The number of fused-ring (bicyclic) bond motifs is 1. The third-order valence-corrected chi connectivity index (χ3v) is 4.66. The van der Waals surface area contributed by atoms with Gasteiger partial charge in [0.05, 0.1) is 18.8 Å². The van der Waals surface area contributed by atoms with Crippen molar-refractivity contribution in [3.63, 3.8) is 0 Å². The summed E-state index contributed by atoms with van der Waals surface area (Å²) < 4.78 is 6.86. The Balaban J connectivity index is 1.65. The SMILES string of the molecule is COc1nnc(-n2ncc3c(CN)cccc32)nc1NCc1cccc(B(O)O)c1. The molecule has 152 valence electrons. The van der Waals surface area contributed by atoms with E-state index in [9.17, 15) is 10.0 Å². The Labute approximate surface area is 172 Å². The molecule has 5 N–H and O–H groups in total. The Morgan fingerprint density at radius 2 is 2.00 bits per heavy atom. The van der Waals surface area contributed by atoms with Crippen LogP contribution in [0.3, 0.4) is 0 Å². The summed E-state index contributed by atoms with van der Waals surface area (Å²) in [5.74, 6) is 0.897. The number of rotatable bonds is 7. The fraction of sp³-hybridized carbons (Fsp3) is 0.158. The molecule has 0 aliphatic carbocycles. The van der Waals surface area contributed by atoms with E-state index in [1.165, 1.54) is 7.11 Å². The van der Waals surface area contributed by atoms with Gasteiger partial charge in [-0.2, -0.15) is 14.8 Å². The molecule has 4 aromatic rings. The van der Waals surface area contributed by atoms with E-state index in [0.29, 0.717) is 24.4 Å². The molecular formula is C19H20BN7O3. The molecule has 0 fully saturated rings. The third kappa shape index (κ3) is 3.81. The largest absolute Gasteiger partial charge is 0.488 e. The fourth-order valence-electron chi connectivity index (χ4n) is 3.15. The zero-order chi connectivity index (χ0) is 21.1. The average molecular weight is 405 g/mol. The summed E-state index contributed by atoms with van der Waals surface area (Å²) in [4.78, 5) is 4.52. The molecular weight excluding hydrogens is 385 g/mol. The molecule has 0 radical (unpaired) electrons. The number of benzene rings is 2. The highest BCUT2D eigenvalue weighted by Gasteiger charge is 2.15. The molecule has 0 saturated carbocycles. The summed E-state index contributed by atoms with van der Waals surface area (Å²) >= 11 is 0. The van der Waals surface area contributed by atoms with E-state index in [0.717, 1.165) is 22.0 Å². The van der Waals surface area contributed by atoms with Gasteiger partial charge in [-0.15, -0.1) is 10.2 Å². The van der Waals surface area contributed by atoms with Gasteiger partial charge in [0, 0.05) is 18.5 Å². The number of nitrogens with zero attached hydrogens (tertiary/aromatic N) is 5. The van der Waals surface area contributed by atoms with Crippen LogP contribution in [0.4, 0.5) is 5.82 Å². The van der Waals surface area contributed by atoms with Crippen molar-refractivity contribution in [1.29, 1.82) is 0 Å². The first-order chi connectivity index (χ1) is 14.6. The van der Waals surface area contributed by atoms with Crippen LogP contribution in [0.5, 0.6) is 5.88 Å². The molecule has 0 saturated heterocycles. The second kappa shape index (κ2) is 8.45. The van der Waals surface area contributed by atoms with E-state index in [1.807, 2.05) is 24.3 Å². The van der Waals surface area contributed by atoms with Gasteiger partial charge in [0.2, 0.25) is 0 Å². The summed E-state index contributed by atoms with van der Waals surface area (Å²) in [6.45, 7) is 0.769. The van der Waals surface area contributed by atoms with Crippen LogP contribution in [0.1, 0.15) is 11.1 Å². The molecule has 2 aromatic heterocycles. The molecule has 2 heterocycles. The lowest BCUT2D eigenvalue weighted by Crippen LogP contribution is -2.30. The first kappa shape index (κ1) is 19.8. The number of hydrogen-bond acceptors (Lipinski definition) is 9. The molecule has 0 bridgehead atoms. The fourth-order valence-corrected chi connectivity index (χ4v) is 3.15. The summed E-state index contributed by atoms with van der Waals surface area (Å²) in [6, 6.07) is 12.7. The lowest BCUT2D eigenvalue weighted by atomic mass is 9.80. The molecule has 2 aromatic carbocycles. The normalized spacial score (nSPS) is 10.9. The average Bonchev–Trinajstić information content (AvgIpc) is 3.22. The molecule has 4 rings (SSSR count). The van der Waals surface area contributed by atoms with Crippen molar-refractivity contribution in [2.75, 3.05) is 12.4 Å². The highest BCUT2D eigenvalue weighted by Crippen LogP contribution is 2.23. The highest BCUT2D eigenvalue weighted by atomic mass is 16.5. The number of nitrogens with two attached hydrogens (primary N) is 1.